The van der Waals surface area contributed by atoms with Crippen LogP contribution in [0.25, 0.3) is 0 Å². The van der Waals surface area contributed by atoms with E-state index < -0.39 is 10.0 Å². The van der Waals surface area contributed by atoms with Gasteiger partial charge in [-0.25, -0.2) is 12.7 Å². The number of amides is 1. The van der Waals surface area contributed by atoms with E-state index in [0.717, 1.165) is 23.7 Å². The van der Waals surface area contributed by atoms with Crippen LogP contribution in [0.5, 0.6) is 0 Å². The third-order valence-corrected chi connectivity index (χ3v) is 7.26. The molecule has 29 heavy (non-hydrogen) atoms. The molecule has 1 aromatic carbocycles. The fourth-order valence-corrected chi connectivity index (χ4v) is 4.35. The number of carbonyl (C=O) groups excluding carboxylic acids is 1. The molecule has 1 saturated heterocycles. The van der Waals surface area contributed by atoms with Crippen LogP contribution >= 0.6 is 23.2 Å². The van der Waals surface area contributed by atoms with Gasteiger partial charge in [-0.2, -0.15) is 0 Å². The summed E-state index contributed by atoms with van der Waals surface area (Å²) in [7, 11) is -0.730. The van der Waals surface area contributed by atoms with Gasteiger partial charge in [0.25, 0.3) is 10.0 Å². The molecule has 2 aromatic rings. The topological polar surface area (TPSA) is 82.9 Å². The third kappa shape index (κ3) is 5.13. The highest BCUT2D eigenvalue weighted by Crippen LogP contribution is 2.27. The molecule has 10 heteroatoms. The first-order valence-corrected chi connectivity index (χ1v) is 11.4. The van der Waals surface area contributed by atoms with Crippen molar-refractivity contribution < 1.29 is 17.6 Å². The highest BCUT2D eigenvalue weighted by molar-refractivity contribution is 7.88. The minimum Gasteiger partial charge on any atom is -0.447 e. The lowest BCUT2D eigenvalue weighted by Crippen LogP contribution is -2.46. The Morgan fingerprint density at radius 2 is 1.97 bits per heavy atom. The number of halogens is 2. The van der Waals surface area contributed by atoms with E-state index in [1.54, 1.807) is 24.3 Å². The van der Waals surface area contributed by atoms with Gasteiger partial charge in [0.15, 0.2) is 0 Å². The third-order valence-electron chi connectivity index (χ3n) is 4.83. The minimum absolute atomic E-state index is 0.105. The van der Waals surface area contributed by atoms with Gasteiger partial charge in [-0.05, 0) is 49.7 Å². The molecule has 1 aliphatic rings. The second-order valence-corrected chi connectivity index (χ2v) is 10.0. The first kappa shape index (κ1) is 22.1. The molecule has 1 unspecified atom stereocenters. The van der Waals surface area contributed by atoms with Crippen LogP contribution in [-0.4, -0.2) is 50.2 Å². The van der Waals surface area contributed by atoms with Gasteiger partial charge in [0.1, 0.15) is 5.76 Å². The molecule has 1 amide bonds. The summed E-state index contributed by atoms with van der Waals surface area (Å²) in [6.45, 7) is 1.07. The van der Waals surface area contributed by atoms with Gasteiger partial charge in [-0.1, -0.05) is 29.6 Å². The number of piperidine rings is 1. The fourth-order valence-electron chi connectivity index (χ4n) is 3.24. The number of carbonyl (C=O) groups is 1. The molecule has 7 nitrogen and oxygen atoms in total. The van der Waals surface area contributed by atoms with Crippen LogP contribution < -0.4 is 5.32 Å². The molecule has 1 fully saturated rings. The molecule has 0 saturated carbocycles. The number of nitrogens with zero attached hydrogens (tertiary/aromatic N) is 2. The van der Waals surface area contributed by atoms with Gasteiger partial charge in [-0.15, -0.1) is 0 Å². The molecule has 2 heterocycles. The number of furan rings is 1. The lowest BCUT2D eigenvalue weighted by molar-refractivity contribution is -0.122. The molecule has 1 N–H and O–H groups in total. The number of hydrogen-bond acceptors (Lipinski definition) is 5. The highest BCUT2D eigenvalue weighted by Gasteiger charge is 2.30. The molecule has 0 bridgehead atoms. The van der Waals surface area contributed by atoms with Gasteiger partial charge >= 0.3 is 0 Å². The van der Waals surface area contributed by atoms with Crippen molar-refractivity contribution in [3.8, 4) is 0 Å². The molecule has 158 valence electrons. The predicted octanol–water partition coefficient (Wildman–Crippen LogP) is 3.83. The van der Waals surface area contributed by atoms with Crippen molar-refractivity contribution in [2.24, 2.45) is 0 Å². The highest BCUT2D eigenvalue weighted by atomic mass is 35.5. The van der Waals surface area contributed by atoms with Crippen molar-refractivity contribution in [2.45, 2.75) is 36.9 Å². The predicted molar refractivity (Wildman–Crippen MR) is 113 cm³/mol. The molecule has 1 aromatic heterocycles. The molecule has 0 radical (unpaired) electrons. The van der Waals surface area contributed by atoms with Crippen molar-refractivity contribution in [3.63, 3.8) is 0 Å². The number of hydrogen-bond donors (Lipinski definition) is 1. The molecule has 1 atom stereocenters. The average molecular weight is 460 g/mol. The number of likely N-dealkylation sites (tertiary alicyclic amines) is 1. The lowest BCUT2D eigenvalue weighted by atomic mass is 10.0. The normalized spacial score (nSPS) is 18.2. The second-order valence-electron chi connectivity index (χ2n) is 7.11. The van der Waals surface area contributed by atoms with Crippen LogP contribution in [-0.2, 0) is 21.4 Å². The summed E-state index contributed by atoms with van der Waals surface area (Å²) < 4.78 is 31.1. The maximum absolute atomic E-state index is 12.9. The van der Waals surface area contributed by atoms with E-state index in [2.05, 4.69) is 5.32 Å². The van der Waals surface area contributed by atoms with Gasteiger partial charge in [0.2, 0.25) is 11.0 Å². The maximum atomic E-state index is 12.9. The average Bonchev–Trinajstić information content (AvgIpc) is 3.14. The van der Waals surface area contributed by atoms with Crippen LogP contribution in [0.2, 0.25) is 10.0 Å². The zero-order valence-electron chi connectivity index (χ0n) is 16.2. The summed E-state index contributed by atoms with van der Waals surface area (Å²) >= 11 is 11.9. The van der Waals surface area contributed by atoms with Crippen molar-refractivity contribution in [1.29, 1.82) is 0 Å². The van der Waals surface area contributed by atoms with E-state index >= 15 is 0 Å². The first-order chi connectivity index (χ1) is 13.7. The summed E-state index contributed by atoms with van der Waals surface area (Å²) in [6.07, 6.45) is 2.60. The maximum Gasteiger partial charge on any atom is 0.275 e. The molecule has 3 rings (SSSR count). The van der Waals surface area contributed by atoms with Crippen molar-refractivity contribution in [1.82, 2.24) is 9.21 Å². The number of nitrogens with one attached hydrogen (secondary N) is 1. The number of rotatable bonds is 6. The Labute approximate surface area is 180 Å². The van der Waals surface area contributed by atoms with Gasteiger partial charge < -0.3 is 9.73 Å². The van der Waals surface area contributed by atoms with Crippen molar-refractivity contribution >= 4 is 44.8 Å². The standard InChI is InChI=1S/C19H23Cl2N3O4S/c1-23(2)29(26,27)18-9-7-14(28-18)12-24-10-4-3-5-17(24)19(25)22-13-6-8-15(20)16(21)11-13/h6-9,11,17H,3-5,10,12H2,1-2H3,(H,22,25). The number of sulfonamides is 1. The Bertz CT molecular complexity index is 991. The Kier molecular flexibility index (Phi) is 6.90. The number of anilines is 1. The van der Waals surface area contributed by atoms with Gasteiger partial charge in [0, 0.05) is 19.8 Å². The van der Waals surface area contributed by atoms with E-state index in [0.29, 0.717) is 34.5 Å². The smallest absolute Gasteiger partial charge is 0.275 e. The molecular weight excluding hydrogens is 437 g/mol. The largest absolute Gasteiger partial charge is 0.447 e. The monoisotopic (exact) mass is 459 g/mol. The summed E-state index contributed by atoms with van der Waals surface area (Å²) in [6, 6.07) is 7.67. The minimum atomic E-state index is -3.63. The van der Waals surface area contributed by atoms with Crippen LogP contribution in [0, 0.1) is 0 Å². The van der Waals surface area contributed by atoms with Gasteiger partial charge in [0.05, 0.1) is 22.6 Å². The van der Waals surface area contributed by atoms with Crippen LogP contribution in [0.3, 0.4) is 0 Å². The molecule has 0 aliphatic carbocycles. The summed E-state index contributed by atoms with van der Waals surface area (Å²) in [5.74, 6) is 0.357. The van der Waals surface area contributed by atoms with Crippen molar-refractivity contribution in [3.05, 3.63) is 46.1 Å². The zero-order valence-corrected chi connectivity index (χ0v) is 18.5. The van der Waals surface area contributed by atoms with Crippen LogP contribution in [0.1, 0.15) is 25.0 Å². The van der Waals surface area contributed by atoms with Crippen molar-refractivity contribution in [2.75, 3.05) is 26.0 Å². The first-order valence-electron chi connectivity index (χ1n) is 9.19. The Morgan fingerprint density at radius 3 is 2.66 bits per heavy atom. The van der Waals surface area contributed by atoms with Crippen LogP contribution in [0.15, 0.2) is 39.8 Å². The Morgan fingerprint density at radius 1 is 1.21 bits per heavy atom. The molecule has 1 aliphatic heterocycles. The quantitative estimate of drug-likeness (QED) is 0.709. The summed E-state index contributed by atoms with van der Waals surface area (Å²) in [5.41, 5.74) is 0.576. The zero-order chi connectivity index (χ0) is 21.2. The van der Waals surface area contributed by atoms with E-state index in [-0.39, 0.29) is 17.0 Å². The molecular formula is C19H23Cl2N3O4S. The Balaban J connectivity index is 1.72. The summed E-state index contributed by atoms with van der Waals surface area (Å²) in [5, 5.41) is 3.57. The number of benzene rings is 1. The van der Waals surface area contributed by atoms with E-state index in [9.17, 15) is 13.2 Å². The summed E-state index contributed by atoms with van der Waals surface area (Å²) in [4.78, 5) is 14.9. The lowest BCUT2D eigenvalue weighted by Gasteiger charge is -2.34. The molecule has 0 spiro atoms. The SMILES string of the molecule is CN(C)S(=O)(=O)c1ccc(CN2CCCCC2C(=O)Nc2ccc(Cl)c(Cl)c2)o1. The Hall–Kier alpha value is -1.58. The second kappa shape index (κ2) is 9.06. The van der Waals surface area contributed by atoms with Crippen LogP contribution in [0.4, 0.5) is 5.69 Å². The fraction of sp³-hybridized carbons (Fsp3) is 0.421. The van der Waals surface area contributed by atoms with E-state index in [1.165, 1.54) is 20.2 Å². The van der Waals surface area contributed by atoms with Gasteiger partial charge in [-0.3, -0.25) is 9.69 Å². The van der Waals surface area contributed by atoms with E-state index in [4.69, 9.17) is 27.6 Å². The van der Waals surface area contributed by atoms with E-state index in [1.807, 2.05) is 4.90 Å².